The molecule has 0 aliphatic rings. The van der Waals surface area contributed by atoms with Crippen molar-refractivity contribution in [1.82, 2.24) is 19.5 Å². The highest BCUT2D eigenvalue weighted by molar-refractivity contribution is 7.13. The minimum atomic E-state index is 0.772. The molecule has 0 saturated heterocycles. The van der Waals surface area contributed by atoms with Gasteiger partial charge in [-0.1, -0.05) is 12.1 Å². The molecule has 0 bridgehead atoms. The Labute approximate surface area is 150 Å². The van der Waals surface area contributed by atoms with E-state index in [2.05, 4.69) is 50.0 Å². The average molecular weight is 347 g/mol. The molecule has 1 aromatic carbocycles. The molecule has 0 fully saturated rings. The Kier molecular flexibility index (Phi) is 4.03. The van der Waals surface area contributed by atoms with Gasteiger partial charge in [0.25, 0.3) is 0 Å². The minimum Gasteiger partial charge on any atom is -0.340 e. The van der Waals surface area contributed by atoms with Gasteiger partial charge >= 0.3 is 0 Å². The molecule has 25 heavy (non-hydrogen) atoms. The Morgan fingerprint density at radius 1 is 1.00 bits per heavy atom. The van der Waals surface area contributed by atoms with E-state index in [-0.39, 0.29) is 0 Å². The fraction of sp³-hybridized carbons (Fsp3) is 0.105. The summed E-state index contributed by atoms with van der Waals surface area (Å²) in [6.07, 6.45) is 3.44. The molecule has 0 atom stereocenters. The number of aryl methyl sites for hydroxylation is 1. The molecule has 0 amide bonds. The predicted molar refractivity (Wildman–Crippen MR) is 102 cm³/mol. The van der Waals surface area contributed by atoms with Gasteiger partial charge in [-0.2, -0.15) is 0 Å². The molecule has 0 unspecified atom stereocenters. The summed E-state index contributed by atoms with van der Waals surface area (Å²) in [5.74, 6) is 0.772. The highest BCUT2D eigenvalue weighted by Gasteiger charge is 2.07. The second-order valence-corrected chi connectivity index (χ2v) is 6.67. The maximum Gasteiger partial charge on any atom is 0.134 e. The monoisotopic (exact) mass is 347 g/mol. The molecule has 0 saturated carbocycles. The highest BCUT2D eigenvalue weighted by Crippen LogP contribution is 2.25. The van der Waals surface area contributed by atoms with Crippen molar-refractivity contribution >= 4 is 22.8 Å². The van der Waals surface area contributed by atoms with E-state index >= 15 is 0 Å². The van der Waals surface area contributed by atoms with Gasteiger partial charge in [-0.15, -0.1) is 11.3 Å². The molecule has 4 rings (SSSR count). The van der Waals surface area contributed by atoms with Crippen molar-refractivity contribution in [2.45, 2.75) is 13.8 Å². The molecular formula is C19H17N5S. The summed E-state index contributed by atoms with van der Waals surface area (Å²) in [6, 6.07) is 14.2. The fourth-order valence-electron chi connectivity index (χ4n) is 2.63. The molecule has 124 valence electrons. The Morgan fingerprint density at radius 3 is 2.68 bits per heavy atom. The van der Waals surface area contributed by atoms with E-state index in [1.807, 2.05) is 42.9 Å². The van der Waals surface area contributed by atoms with E-state index in [1.165, 1.54) is 0 Å². The van der Waals surface area contributed by atoms with E-state index in [0.29, 0.717) is 0 Å². The van der Waals surface area contributed by atoms with E-state index in [0.717, 1.165) is 39.2 Å². The Balaban J connectivity index is 1.63. The van der Waals surface area contributed by atoms with Crippen molar-refractivity contribution in [3.05, 3.63) is 71.9 Å². The number of anilines is 2. The van der Waals surface area contributed by atoms with E-state index < -0.39 is 0 Å². The number of nitrogens with one attached hydrogen (secondary N) is 1. The normalized spacial score (nSPS) is 10.8. The maximum atomic E-state index is 4.37. The third-order valence-electron chi connectivity index (χ3n) is 4.09. The molecular weight excluding hydrogens is 330 g/mol. The lowest BCUT2D eigenvalue weighted by molar-refractivity contribution is 1.00. The second kappa shape index (κ2) is 6.49. The van der Waals surface area contributed by atoms with Crippen LogP contribution >= 0.6 is 11.3 Å². The van der Waals surface area contributed by atoms with Crippen LogP contribution in [-0.2, 0) is 0 Å². The van der Waals surface area contributed by atoms with Crippen LogP contribution in [0.5, 0.6) is 0 Å². The van der Waals surface area contributed by atoms with Gasteiger partial charge in [-0.3, -0.25) is 0 Å². The van der Waals surface area contributed by atoms with E-state index in [9.17, 15) is 0 Å². The fourth-order valence-corrected chi connectivity index (χ4v) is 3.32. The highest BCUT2D eigenvalue weighted by atomic mass is 32.1. The van der Waals surface area contributed by atoms with Gasteiger partial charge in [0.15, 0.2) is 0 Å². The van der Waals surface area contributed by atoms with Gasteiger partial charge in [0.2, 0.25) is 0 Å². The van der Waals surface area contributed by atoms with Crippen LogP contribution in [0.15, 0.2) is 60.5 Å². The van der Waals surface area contributed by atoms with Crippen LogP contribution in [0.2, 0.25) is 0 Å². The number of nitrogens with zero attached hydrogens (tertiary/aromatic N) is 4. The number of hydrogen-bond acceptors (Lipinski definition) is 5. The standard InChI is InChI=1S/C19H17N5S/c1-13-14(2)24(12-22-13)16-6-3-5-15(9-16)23-19-10-17(20-11-21-19)18-7-4-8-25-18/h3-12H,1-2H3,(H,20,21,23). The topological polar surface area (TPSA) is 55.6 Å². The van der Waals surface area contributed by atoms with Crippen molar-refractivity contribution in [1.29, 1.82) is 0 Å². The van der Waals surface area contributed by atoms with Crippen LogP contribution < -0.4 is 5.32 Å². The summed E-state index contributed by atoms with van der Waals surface area (Å²) in [5, 5.41) is 5.41. The van der Waals surface area contributed by atoms with Crippen molar-refractivity contribution in [2.75, 3.05) is 5.32 Å². The zero-order chi connectivity index (χ0) is 17.2. The van der Waals surface area contributed by atoms with Crippen LogP contribution in [0.3, 0.4) is 0 Å². The summed E-state index contributed by atoms with van der Waals surface area (Å²) in [4.78, 5) is 14.2. The Hall–Kier alpha value is -2.99. The smallest absolute Gasteiger partial charge is 0.134 e. The first kappa shape index (κ1) is 15.5. The summed E-state index contributed by atoms with van der Waals surface area (Å²) in [5.41, 5.74) is 5.13. The number of hydrogen-bond donors (Lipinski definition) is 1. The maximum absolute atomic E-state index is 4.37. The molecule has 0 radical (unpaired) electrons. The summed E-state index contributed by atoms with van der Waals surface area (Å²) < 4.78 is 2.08. The SMILES string of the molecule is Cc1ncn(-c2cccc(Nc3cc(-c4cccs4)ncn3)c2)c1C. The Morgan fingerprint density at radius 2 is 1.92 bits per heavy atom. The zero-order valence-corrected chi connectivity index (χ0v) is 14.8. The molecule has 3 aromatic heterocycles. The molecule has 6 heteroatoms. The van der Waals surface area contributed by atoms with Gasteiger partial charge in [-0.25, -0.2) is 15.0 Å². The number of aromatic nitrogens is 4. The third kappa shape index (κ3) is 3.16. The van der Waals surface area contributed by atoms with Gasteiger partial charge in [0, 0.05) is 23.1 Å². The third-order valence-corrected chi connectivity index (χ3v) is 4.98. The minimum absolute atomic E-state index is 0.772. The van der Waals surface area contributed by atoms with Gasteiger partial charge in [0.1, 0.15) is 12.1 Å². The molecule has 4 aromatic rings. The first-order valence-corrected chi connectivity index (χ1v) is 8.82. The molecule has 1 N–H and O–H groups in total. The predicted octanol–water partition coefficient (Wildman–Crippen LogP) is 4.75. The van der Waals surface area contributed by atoms with Crippen molar-refractivity contribution in [2.24, 2.45) is 0 Å². The average Bonchev–Trinajstić information content (AvgIpc) is 3.27. The van der Waals surface area contributed by atoms with Gasteiger partial charge in [0.05, 0.1) is 22.6 Å². The van der Waals surface area contributed by atoms with Crippen LogP contribution in [-0.4, -0.2) is 19.5 Å². The van der Waals surface area contributed by atoms with Crippen LogP contribution in [0, 0.1) is 13.8 Å². The summed E-state index contributed by atoms with van der Waals surface area (Å²) >= 11 is 1.67. The lowest BCUT2D eigenvalue weighted by Gasteiger charge is -2.10. The Bertz CT molecular complexity index is 1000. The molecule has 3 heterocycles. The second-order valence-electron chi connectivity index (χ2n) is 5.73. The van der Waals surface area contributed by atoms with Crippen LogP contribution in [0.1, 0.15) is 11.4 Å². The molecule has 0 aliphatic carbocycles. The van der Waals surface area contributed by atoms with E-state index in [1.54, 1.807) is 17.7 Å². The van der Waals surface area contributed by atoms with Gasteiger partial charge < -0.3 is 9.88 Å². The number of imidazole rings is 1. The quantitative estimate of drug-likeness (QED) is 0.579. The van der Waals surface area contributed by atoms with Crippen molar-refractivity contribution < 1.29 is 0 Å². The molecule has 0 aliphatic heterocycles. The van der Waals surface area contributed by atoms with Crippen LogP contribution in [0.25, 0.3) is 16.3 Å². The summed E-state index contributed by atoms with van der Waals surface area (Å²) in [7, 11) is 0. The molecule has 5 nitrogen and oxygen atoms in total. The number of rotatable bonds is 4. The van der Waals surface area contributed by atoms with Crippen molar-refractivity contribution in [3.63, 3.8) is 0 Å². The van der Waals surface area contributed by atoms with Gasteiger partial charge in [-0.05, 0) is 43.5 Å². The first-order chi connectivity index (χ1) is 12.2. The van der Waals surface area contributed by atoms with Crippen LogP contribution in [0.4, 0.5) is 11.5 Å². The lowest BCUT2D eigenvalue weighted by Crippen LogP contribution is -1.98. The number of benzene rings is 1. The lowest BCUT2D eigenvalue weighted by atomic mass is 10.2. The number of thiophene rings is 1. The van der Waals surface area contributed by atoms with E-state index in [4.69, 9.17) is 0 Å². The summed E-state index contributed by atoms with van der Waals surface area (Å²) in [6.45, 7) is 4.08. The zero-order valence-electron chi connectivity index (χ0n) is 14.0. The molecule has 0 spiro atoms. The van der Waals surface area contributed by atoms with Crippen molar-refractivity contribution in [3.8, 4) is 16.3 Å². The largest absolute Gasteiger partial charge is 0.340 e. The first-order valence-electron chi connectivity index (χ1n) is 7.94.